The van der Waals surface area contributed by atoms with Crippen LogP contribution in [0.4, 0.5) is 4.79 Å². The topological polar surface area (TPSA) is 67.4 Å². The third-order valence-corrected chi connectivity index (χ3v) is 3.51. The number of carbonyl (C=O) groups excluding carboxylic acids is 2. The fourth-order valence-corrected chi connectivity index (χ4v) is 2.26. The van der Waals surface area contributed by atoms with Crippen LogP contribution in [0.2, 0.25) is 0 Å². The molecule has 0 saturated carbocycles. The van der Waals surface area contributed by atoms with Gasteiger partial charge in [0.25, 0.3) is 0 Å². The molecule has 128 valence electrons. The maximum atomic E-state index is 12.3. The maximum Gasteiger partial charge on any atom is 0.408 e. The van der Waals surface area contributed by atoms with Crippen LogP contribution in [0.25, 0.3) is 0 Å². The van der Waals surface area contributed by atoms with Crippen LogP contribution in [-0.2, 0) is 16.0 Å². The van der Waals surface area contributed by atoms with E-state index in [1.54, 1.807) is 20.8 Å². The lowest BCUT2D eigenvalue weighted by atomic mass is 10.1. The van der Waals surface area contributed by atoms with E-state index >= 15 is 0 Å². The number of benzene rings is 1. The molecule has 1 aromatic carbocycles. The lowest BCUT2D eigenvalue weighted by Gasteiger charge is -2.24. The summed E-state index contributed by atoms with van der Waals surface area (Å²) in [6.45, 7) is 9.12. The maximum absolute atomic E-state index is 12.3. The highest BCUT2D eigenvalue weighted by Crippen LogP contribution is 2.11. The molecular formula is C17H25IN2O3. The number of carbonyl (C=O) groups is 2. The smallest absolute Gasteiger partial charge is 0.408 e. The van der Waals surface area contributed by atoms with Crippen molar-refractivity contribution in [2.45, 2.75) is 58.7 Å². The van der Waals surface area contributed by atoms with Crippen molar-refractivity contribution in [2.75, 3.05) is 0 Å². The first-order chi connectivity index (χ1) is 10.6. The summed E-state index contributed by atoms with van der Waals surface area (Å²) in [4.78, 5) is 24.3. The molecule has 0 aliphatic rings. The fourth-order valence-electron chi connectivity index (χ4n) is 1.90. The molecule has 2 amide bonds. The monoisotopic (exact) mass is 432 g/mol. The van der Waals surface area contributed by atoms with Gasteiger partial charge in [-0.2, -0.15) is 0 Å². The summed E-state index contributed by atoms with van der Waals surface area (Å²) < 4.78 is 6.37. The molecule has 0 aromatic heterocycles. The normalized spacial score (nSPS) is 12.7. The van der Waals surface area contributed by atoms with Crippen molar-refractivity contribution < 1.29 is 14.3 Å². The number of alkyl carbamates (subject to hydrolysis) is 1. The van der Waals surface area contributed by atoms with Gasteiger partial charge in [0.05, 0.1) is 0 Å². The molecule has 1 rings (SSSR count). The van der Waals surface area contributed by atoms with Gasteiger partial charge in [-0.05, 0) is 74.9 Å². The van der Waals surface area contributed by atoms with Crippen LogP contribution < -0.4 is 10.6 Å². The minimum atomic E-state index is -0.674. The van der Waals surface area contributed by atoms with E-state index in [4.69, 9.17) is 4.74 Å². The number of nitrogens with one attached hydrogen (secondary N) is 2. The van der Waals surface area contributed by atoms with Crippen LogP contribution in [0.15, 0.2) is 24.3 Å². The van der Waals surface area contributed by atoms with Crippen LogP contribution >= 0.6 is 22.6 Å². The van der Waals surface area contributed by atoms with Gasteiger partial charge in [-0.15, -0.1) is 0 Å². The van der Waals surface area contributed by atoms with Gasteiger partial charge >= 0.3 is 6.09 Å². The van der Waals surface area contributed by atoms with Crippen molar-refractivity contribution in [1.29, 1.82) is 0 Å². The van der Waals surface area contributed by atoms with Gasteiger partial charge in [0.2, 0.25) is 5.91 Å². The Morgan fingerprint density at radius 1 is 1.13 bits per heavy atom. The third-order valence-electron chi connectivity index (χ3n) is 2.79. The number of hydrogen-bond acceptors (Lipinski definition) is 3. The molecule has 0 saturated heterocycles. The van der Waals surface area contributed by atoms with Gasteiger partial charge in [0.1, 0.15) is 11.6 Å². The Kier molecular flexibility index (Phi) is 7.31. The predicted octanol–water partition coefficient (Wildman–Crippen LogP) is 3.25. The summed E-state index contributed by atoms with van der Waals surface area (Å²) in [6.07, 6.45) is -0.179. The molecule has 0 unspecified atom stereocenters. The molecule has 0 heterocycles. The molecule has 0 bridgehead atoms. The van der Waals surface area contributed by atoms with E-state index in [9.17, 15) is 9.59 Å². The van der Waals surface area contributed by atoms with Gasteiger partial charge in [0, 0.05) is 16.0 Å². The van der Waals surface area contributed by atoms with Crippen molar-refractivity contribution >= 4 is 34.6 Å². The number of halogens is 1. The second-order valence-corrected chi connectivity index (χ2v) is 7.94. The van der Waals surface area contributed by atoms with Crippen LogP contribution in [-0.4, -0.2) is 29.7 Å². The molecule has 0 aliphatic heterocycles. The molecule has 6 heteroatoms. The Morgan fingerprint density at radius 2 is 1.70 bits per heavy atom. The average molecular weight is 432 g/mol. The second-order valence-electron chi connectivity index (χ2n) is 6.69. The predicted molar refractivity (Wildman–Crippen MR) is 99.3 cm³/mol. The van der Waals surface area contributed by atoms with Gasteiger partial charge in [0.15, 0.2) is 0 Å². The summed E-state index contributed by atoms with van der Waals surface area (Å²) in [6, 6.07) is 7.18. The van der Waals surface area contributed by atoms with E-state index in [2.05, 4.69) is 33.2 Å². The Balaban J connectivity index is 2.82. The zero-order valence-corrected chi connectivity index (χ0v) is 16.4. The summed E-state index contributed by atoms with van der Waals surface area (Å²) in [5.74, 6) is -0.218. The van der Waals surface area contributed by atoms with E-state index in [1.165, 1.54) is 0 Å². The summed E-state index contributed by atoms with van der Waals surface area (Å²) in [7, 11) is 0. The number of hydrogen-bond donors (Lipinski definition) is 2. The van der Waals surface area contributed by atoms with Crippen molar-refractivity contribution in [3.8, 4) is 0 Å². The lowest BCUT2D eigenvalue weighted by Crippen LogP contribution is -2.50. The van der Waals surface area contributed by atoms with E-state index in [1.807, 2.05) is 38.1 Å². The van der Waals surface area contributed by atoms with Crippen LogP contribution in [0.3, 0.4) is 0 Å². The Hall–Kier alpha value is -1.31. The highest BCUT2D eigenvalue weighted by molar-refractivity contribution is 14.1. The number of amides is 2. The molecule has 0 fully saturated rings. The van der Waals surface area contributed by atoms with Gasteiger partial charge in [-0.1, -0.05) is 12.1 Å². The third kappa shape index (κ3) is 8.20. The standard InChI is InChI=1S/C17H25IN2O3/c1-11(2)19-15(21)14(20-16(22)23-17(3,4)5)10-12-6-8-13(18)9-7-12/h6-9,11,14H,10H2,1-5H3,(H,19,21)(H,20,22)/t14-/m0/s1. The van der Waals surface area contributed by atoms with Gasteiger partial charge in [-0.25, -0.2) is 4.79 Å². The average Bonchev–Trinajstić information content (AvgIpc) is 2.37. The second kappa shape index (κ2) is 8.52. The first-order valence-corrected chi connectivity index (χ1v) is 8.69. The van der Waals surface area contributed by atoms with Crippen molar-refractivity contribution in [2.24, 2.45) is 0 Å². The number of rotatable bonds is 5. The van der Waals surface area contributed by atoms with Crippen LogP contribution in [0.5, 0.6) is 0 Å². The molecule has 23 heavy (non-hydrogen) atoms. The van der Waals surface area contributed by atoms with E-state index in [-0.39, 0.29) is 11.9 Å². The molecule has 1 aromatic rings. The molecule has 0 aliphatic carbocycles. The van der Waals surface area contributed by atoms with Crippen LogP contribution in [0, 0.1) is 3.57 Å². The zero-order chi connectivity index (χ0) is 17.6. The van der Waals surface area contributed by atoms with Crippen molar-refractivity contribution in [3.05, 3.63) is 33.4 Å². The largest absolute Gasteiger partial charge is 0.444 e. The van der Waals surface area contributed by atoms with Gasteiger partial charge in [-0.3, -0.25) is 4.79 Å². The fraction of sp³-hybridized carbons (Fsp3) is 0.529. The van der Waals surface area contributed by atoms with Crippen molar-refractivity contribution in [3.63, 3.8) is 0 Å². The first kappa shape index (κ1) is 19.7. The first-order valence-electron chi connectivity index (χ1n) is 7.61. The van der Waals surface area contributed by atoms with E-state index in [0.29, 0.717) is 6.42 Å². The van der Waals surface area contributed by atoms with E-state index in [0.717, 1.165) is 9.13 Å². The summed E-state index contributed by atoms with van der Waals surface area (Å²) >= 11 is 2.23. The molecule has 0 spiro atoms. The van der Waals surface area contributed by atoms with Crippen molar-refractivity contribution in [1.82, 2.24) is 10.6 Å². The Labute approximate surface area is 151 Å². The molecule has 1 atom stereocenters. The van der Waals surface area contributed by atoms with Gasteiger partial charge < -0.3 is 15.4 Å². The minimum absolute atomic E-state index is 0.00200. The highest BCUT2D eigenvalue weighted by Gasteiger charge is 2.25. The number of ether oxygens (including phenoxy) is 1. The summed E-state index contributed by atoms with van der Waals surface area (Å²) in [5, 5.41) is 5.50. The Morgan fingerprint density at radius 3 is 2.17 bits per heavy atom. The quantitative estimate of drug-likeness (QED) is 0.703. The van der Waals surface area contributed by atoms with Crippen LogP contribution in [0.1, 0.15) is 40.2 Å². The molecular weight excluding hydrogens is 407 g/mol. The highest BCUT2D eigenvalue weighted by atomic mass is 127. The molecule has 2 N–H and O–H groups in total. The lowest BCUT2D eigenvalue weighted by molar-refractivity contribution is -0.123. The SMILES string of the molecule is CC(C)NC(=O)[C@H](Cc1ccc(I)cc1)NC(=O)OC(C)(C)C. The van der Waals surface area contributed by atoms with E-state index < -0.39 is 17.7 Å². The molecule has 0 radical (unpaired) electrons. The zero-order valence-electron chi connectivity index (χ0n) is 14.3. The minimum Gasteiger partial charge on any atom is -0.444 e. The summed E-state index contributed by atoms with van der Waals surface area (Å²) in [5.41, 5.74) is 0.372. The Bertz CT molecular complexity index is 536. The molecule has 5 nitrogen and oxygen atoms in total.